The molecule has 0 aromatic heterocycles. The van der Waals surface area contributed by atoms with Gasteiger partial charge in [0.15, 0.2) is 5.96 Å². The van der Waals surface area contributed by atoms with Crippen molar-refractivity contribution in [2.45, 2.75) is 52.6 Å². The number of carbonyl (C=O) groups excluding carboxylic acids is 1. The molecule has 5 heteroatoms. The van der Waals surface area contributed by atoms with Crippen LogP contribution in [0.5, 0.6) is 0 Å². The summed E-state index contributed by atoms with van der Waals surface area (Å²) in [6, 6.07) is 7.65. The summed E-state index contributed by atoms with van der Waals surface area (Å²) in [7, 11) is 0. The highest BCUT2D eigenvalue weighted by molar-refractivity contribution is 5.94. The van der Waals surface area contributed by atoms with Crippen LogP contribution in [-0.4, -0.2) is 24.5 Å². The maximum Gasteiger partial charge on any atom is 0.251 e. The van der Waals surface area contributed by atoms with Crippen molar-refractivity contribution in [3.05, 3.63) is 35.4 Å². The molecule has 0 aliphatic rings. The van der Waals surface area contributed by atoms with E-state index in [9.17, 15) is 4.79 Å². The first kappa shape index (κ1) is 18.0. The molecule has 0 aliphatic heterocycles. The average molecular weight is 304 g/mol. The molecule has 0 fully saturated rings. The molecular formula is C17H28N4O. The average Bonchev–Trinajstić information content (AvgIpc) is 2.53. The van der Waals surface area contributed by atoms with Crippen LogP contribution in [0.1, 0.15) is 56.0 Å². The van der Waals surface area contributed by atoms with Gasteiger partial charge in [-0.25, -0.2) is 4.99 Å². The van der Waals surface area contributed by atoms with Crippen molar-refractivity contribution >= 4 is 11.9 Å². The second-order valence-electron chi connectivity index (χ2n) is 5.46. The van der Waals surface area contributed by atoms with Crippen molar-refractivity contribution in [3.8, 4) is 0 Å². The van der Waals surface area contributed by atoms with Crippen LogP contribution in [0.2, 0.25) is 0 Å². The molecule has 0 bridgehead atoms. The number of hydrogen-bond donors (Lipinski definition) is 3. The summed E-state index contributed by atoms with van der Waals surface area (Å²) in [4.78, 5) is 16.3. The predicted molar refractivity (Wildman–Crippen MR) is 91.9 cm³/mol. The Morgan fingerprint density at radius 1 is 1.27 bits per heavy atom. The highest BCUT2D eigenvalue weighted by Gasteiger charge is 2.07. The summed E-state index contributed by atoms with van der Waals surface area (Å²) in [6.07, 6.45) is 3.12. The maximum atomic E-state index is 12.0. The first-order valence-electron chi connectivity index (χ1n) is 8.00. The smallest absolute Gasteiger partial charge is 0.251 e. The molecule has 1 rings (SSSR count). The second-order valence-corrected chi connectivity index (χ2v) is 5.46. The number of amides is 1. The van der Waals surface area contributed by atoms with Gasteiger partial charge in [-0.05, 0) is 37.5 Å². The zero-order valence-electron chi connectivity index (χ0n) is 13.9. The number of carbonyl (C=O) groups is 1. The van der Waals surface area contributed by atoms with Crippen LogP contribution in [0.4, 0.5) is 0 Å². The molecule has 1 aromatic carbocycles. The van der Waals surface area contributed by atoms with Gasteiger partial charge in [-0.2, -0.15) is 0 Å². The Hall–Kier alpha value is -2.04. The molecule has 1 aromatic rings. The quantitative estimate of drug-likeness (QED) is 0.392. The minimum Gasteiger partial charge on any atom is -0.370 e. The summed E-state index contributed by atoms with van der Waals surface area (Å²) in [6.45, 7) is 7.53. The molecule has 0 saturated heterocycles. The Morgan fingerprint density at radius 3 is 2.55 bits per heavy atom. The molecule has 0 saturated carbocycles. The molecule has 0 spiro atoms. The minimum absolute atomic E-state index is 0.0369. The number of nitrogens with zero attached hydrogens (tertiary/aromatic N) is 1. The van der Waals surface area contributed by atoms with E-state index in [2.05, 4.69) is 22.5 Å². The first-order chi connectivity index (χ1) is 10.6. The fraction of sp³-hybridized carbons (Fsp3) is 0.529. The maximum absolute atomic E-state index is 12.0. The number of unbranched alkanes of at least 4 members (excludes halogenated alkanes) is 1. The zero-order valence-corrected chi connectivity index (χ0v) is 13.9. The van der Waals surface area contributed by atoms with Gasteiger partial charge in [0.1, 0.15) is 0 Å². The van der Waals surface area contributed by atoms with Crippen LogP contribution >= 0.6 is 0 Å². The molecule has 4 N–H and O–H groups in total. The Kier molecular flexibility index (Phi) is 8.04. The van der Waals surface area contributed by atoms with Crippen LogP contribution in [0.3, 0.4) is 0 Å². The second kappa shape index (κ2) is 9.82. The summed E-state index contributed by atoms with van der Waals surface area (Å²) in [5.74, 6) is 0.428. The Bertz CT molecular complexity index is 482. The molecule has 1 unspecified atom stereocenters. The van der Waals surface area contributed by atoms with Gasteiger partial charge in [-0.15, -0.1) is 0 Å². The lowest BCUT2D eigenvalue weighted by atomic mass is 10.1. The molecule has 1 atom stereocenters. The van der Waals surface area contributed by atoms with Gasteiger partial charge in [0.25, 0.3) is 5.91 Å². The monoisotopic (exact) mass is 304 g/mol. The zero-order chi connectivity index (χ0) is 16.4. The van der Waals surface area contributed by atoms with E-state index in [0.717, 1.165) is 31.4 Å². The SMILES string of the molecule is CCCCNC(N)=NCc1ccc(C(=O)NC(C)CC)cc1. The fourth-order valence-electron chi connectivity index (χ4n) is 1.80. The lowest BCUT2D eigenvalue weighted by Crippen LogP contribution is -2.32. The van der Waals surface area contributed by atoms with Crippen LogP contribution in [0.15, 0.2) is 29.3 Å². The fourth-order valence-corrected chi connectivity index (χ4v) is 1.80. The van der Waals surface area contributed by atoms with Gasteiger partial charge in [0.2, 0.25) is 0 Å². The Balaban J connectivity index is 2.51. The third-order valence-electron chi connectivity index (χ3n) is 3.47. The Morgan fingerprint density at radius 2 is 1.95 bits per heavy atom. The topological polar surface area (TPSA) is 79.5 Å². The third-order valence-corrected chi connectivity index (χ3v) is 3.47. The van der Waals surface area contributed by atoms with E-state index < -0.39 is 0 Å². The summed E-state index contributed by atoms with van der Waals surface area (Å²) < 4.78 is 0. The van der Waals surface area contributed by atoms with Crippen molar-refractivity contribution in [1.29, 1.82) is 0 Å². The van der Waals surface area contributed by atoms with E-state index in [-0.39, 0.29) is 11.9 Å². The summed E-state index contributed by atoms with van der Waals surface area (Å²) in [5, 5.41) is 6.02. The number of nitrogens with one attached hydrogen (secondary N) is 2. The molecule has 0 aliphatic carbocycles. The lowest BCUT2D eigenvalue weighted by Gasteiger charge is -2.11. The van der Waals surface area contributed by atoms with E-state index in [0.29, 0.717) is 18.1 Å². The highest BCUT2D eigenvalue weighted by Crippen LogP contribution is 2.06. The molecule has 0 radical (unpaired) electrons. The normalized spacial score (nSPS) is 12.8. The van der Waals surface area contributed by atoms with E-state index in [4.69, 9.17) is 5.73 Å². The van der Waals surface area contributed by atoms with Crippen LogP contribution in [0, 0.1) is 0 Å². The Labute approximate surface area is 133 Å². The number of aliphatic imine (C=N–C) groups is 1. The van der Waals surface area contributed by atoms with E-state index in [1.165, 1.54) is 0 Å². The van der Waals surface area contributed by atoms with Gasteiger partial charge in [0.05, 0.1) is 6.54 Å². The minimum atomic E-state index is -0.0369. The van der Waals surface area contributed by atoms with Gasteiger partial charge in [-0.1, -0.05) is 32.4 Å². The largest absolute Gasteiger partial charge is 0.370 e. The summed E-state index contributed by atoms with van der Waals surface area (Å²) >= 11 is 0. The molecule has 0 heterocycles. The molecule has 22 heavy (non-hydrogen) atoms. The van der Waals surface area contributed by atoms with Crippen LogP contribution in [-0.2, 0) is 6.54 Å². The highest BCUT2D eigenvalue weighted by atomic mass is 16.1. The van der Waals surface area contributed by atoms with Crippen LogP contribution in [0.25, 0.3) is 0 Å². The lowest BCUT2D eigenvalue weighted by molar-refractivity contribution is 0.0939. The van der Waals surface area contributed by atoms with Crippen LogP contribution < -0.4 is 16.4 Å². The van der Waals surface area contributed by atoms with Crippen molar-refractivity contribution in [1.82, 2.24) is 10.6 Å². The van der Waals surface area contributed by atoms with Gasteiger partial charge in [-0.3, -0.25) is 4.79 Å². The van der Waals surface area contributed by atoms with E-state index >= 15 is 0 Å². The first-order valence-corrected chi connectivity index (χ1v) is 8.00. The van der Waals surface area contributed by atoms with Crippen molar-refractivity contribution < 1.29 is 4.79 Å². The van der Waals surface area contributed by atoms with Gasteiger partial charge >= 0.3 is 0 Å². The number of guanidine groups is 1. The number of hydrogen-bond acceptors (Lipinski definition) is 2. The molecule has 1 amide bonds. The number of benzene rings is 1. The number of nitrogens with two attached hydrogens (primary N) is 1. The molecule has 5 nitrogen and oxygen atoms in total. The van der Waals surface area contributed by atoms with Crippen molar-refractivity contribution in [2.75, 3.05) is 6.54 Å². The third kappa shape index (κ3) is 6.61. The van der Waals surface area contributed by atoms with Gasteiger partial charge < -0.3 is 16.4 Å². The van der Waals surface area contributed by atoms with E-state index in [1.54, 1.807) is 0 Å². The molecular weight excluding hydrogens is 276 g/mol. The van der Waals surface area contributed by atoms with E-state index in [1.807, 2.05) is 38.1 Å². The molecule has 122 valence electrons. The van der Waals surface area contributed by atoms with Crippen molar-refractivity contribution in [2.24, 2.45) is 10.7 Å². The summed E-state index contributed by atoms with van der Waals surface area (Å²) in [5.41, 5.74) is 7.48. The number of rotatable bonds is 8. The predicted octanol–water partition coefficient (Wildman–Crippen LogP) is 2.42. The van der Waals surface area contributed by atoms with Crippen molar-refractivity contribution in [3.63, 3.8) is 0 Å². The standard InChI is InChI=1S/C17H28N4O/c1-4-6-11-19-17(18)20-12-14-7-9-15(10-8-14)16(22)21-13(3)5-2/h7-10,13H,4-6,11-12H2,1-3H3,(H,21,22)(H3,18,19,20). The van der Waals surface area contributed by atoms with Gasteiger partial charge in [0, 0.05) is 18.2 Å².